The molecule has 1 aliphatic heterocycles. The Labute approximate surface area is 230 Å². The normalized spacial score (nSPS) is 18.2. The largest absolute Gasteiger partial charge is 0.408 e. The predicted octanol–water partition coefficient (Wildman–Crippen LogP) is 3.91. The van der Waals surface area contributed by atoms with E-state index in [4.69, 9.17) is 5.73 Å². The van der Waals surface area contributed by atoms with Crippen LogP contribution < -0.4 is 16.0 Å². The molecule has 214 valence electrons. The van der Waals surface area contributed by atoms with Crippen molar-refractivity contribution in [3.8, 4) is 0 Å². The van der Waals surface area contributed by atoms with Gasteiger partial charge in [-0.2, -0.15) is 18.3 Å². The van der Waals surface area contributed by atoms with Gasteiger partial charge in [-0.15, -0.1) is 0 Å². The van der Waals surface area contributed by atoms with Gasteiger partial charge in [-0.25, -0.2) is 23.4 Å². The Morgan fingerprint density at radius 2 is 2.00 bits per heavy atom. The average Bonchev–Trinajstić information content (AvgIpc) is 3.29. The van der Waals surface area contributed by atoms with Crippen molar-refractivity contribution >= 4 is 44.7 Å². The smallest absolute Gasteiger partial charge is 0.355 e. The van der Waals surface area contributed by atoms with Gasteiger partial charge in [0.2, 0.25) is 0 Å². The number of nitrogens with zero attached hydrogens (tertiary/aromatic N) is 6. The number of aliphatic imine (C=N–C) groups is 2. The molecule has 1 aromatic carbocycles. The Hall–Kier alpha value is -3.78. The number of halogens is 3. The van der Waals surface area contributed by atoms with Crippen molar-refractivity contribution in [2.75, 3.05) is 28.8 Å². The third-order valence-electron chi connectivity index (χ3n) is 6.53. The van der Waals surface area contributed by atoms with E-state index in [2.05, 4.69) is 52.5 Å². The minimum Gasteiger partial charge on any atom is -0.355 e. The van der Waals surface area contributed by atoms with Gasteiger partial charge >= 0.3 is 6.18 Å². The highest BCUT2D eigenvalue weighted by molar-refractivity contribution is 7.90. The second kappa shape index (κ2) is 11.0. The monoisotopic (exact) mass is 576 g/mol. The van der Waals surface area contributed by atoms with Crippen LogP contribution in [0, 0.1) is 5.92 Å². The van der Waals surface area contributed by atoms with Crippen LogP contribution in [-0.2, 0) is 16.4 Å². The first-order chi connectivity index (χ1) is 18.6. The summed E-state index contributed by atoms with van der Waals surface area (Å²) < 4.78 is 62.2. The molecule has 1 saturated heterocycles. The molecule has 10 nitrogen and oxygen atoms in total. The Bertz CT molecular complexity index is 1580. The number of benzene rings is 1. The number of rotatable bonds is 9. The van der Waals surface area contributed by atoms with Crippen LogP contribution in [0.2, 0.25) is 0 Å². The number of amidine groups is 1. The van der Waals surface area contributed by atoms with Crippen molar-refractivity contribution in [3.05, 3.63) is 60.3 Å². The lowest BCUT2D eigenvalue weighted by Gasteiger charge is -2.47. The number of nitrogens with one attached hydrogen (secondary N) is 1. The lowest BCUT2D eigenvalue weighted by Crippen LogP contribution is -2.63. The number of anilines is 2. The summed E-state index contributed by atoms with van der Waals surface area (Å²) in [7, 11) is -3.14. The number of fused-ring (bicyclic) bond motifs is 1. The Kier molecular flexibility index (Phi) is 8.04. The third-order valence-corrected chi connectivity index (χ3v) is 7.56. The van der Waals surface area contributed by atoms with Crippen LogP contribution in [0.15, 0.2) is 59.2 Å². The van der Waals surface area contributed by atoms with E-state index in [9.17, 15) is 21.6 Å². The summed E-state index contributed by atoms with van der Waals surface area (Å²) in [4.78, 5) is 14.5. The minimum atomic E-state index is -4.41. The van der Waals surface area contributed by atoms with E-state index in [0.717, 1.165) is 26.7 Å². The van der Waals surface area contributed by atoms with Gasteiger partial charge in [-0.3, -0.25) is 4.68 Å². The molecule has 40 heavy (non-hydrogen) atoms. The minimum absolute atomic E-state index is 0.0340. The second-order valence-electron chi connectivity index (χ2n) is 10.1. The fraction of sp³-hybridized carbons (Fsp3) is 0.385. The number of hydrogen-bond donors (Lipinski definition) is 2. The molecule has 0 amide bonds. The predicted molar refractivity (Wildman–Crippen MR) is 151 cm³/mol. The highest BCUT2D eigenvalue weighted by Gasteiger charge is 2.39. The fourth-order valence-electron chi connectivity index (χ4n) is 4.71. The Morgan fingerprint density at radius 1 is 1.27 bits per heavy atom. The summed E-state index contributed by atoms with van der Waals surface area (Å²) in [5.74, 6) is 0.714. The molecule has 3 N–H and O–H groups in total. The van der Waals surface area contributed by atoms with Crippen molar-refractivity contribution in [3.63, 3.8) is 0 Å². The van der Waals surface area contributed by atoms with Gasteiger partial charge in [0.05, 0.1) is 23.7 Å². The zero-order chi connectivity index (χ0) is 29.4. The van der Waals surface area contributed by atoms with Crippen molar-refractivity contribution in [1.29, 1.82) is 0 Å². The topological polar surface area (TPSA) is 131 Å². The van der Waals surface area contributed by atoms with Crippen molar-refractivity contribution < 1.29 is 21.6 Å². The van der Waals surface area contributed by atoms with Gasteiger partial charge < -0.3 is 16.0 Å². The van der Waals surface area contributed by atoms with Crippen LogP contribution in [0.1, 0.15) is 30.9 Å². The van der Waals surface area contributed by atoms with E-state index < -0.39 is 28.7 Å². The highest BCUT2D eigenvalue weighted by Crippen LogP contribution is 2.38. The summed E-state index contributed by atoms with van der Waals surface area (Å²) in [6.07, 6.45) is 0.474. The van der Waals surface area contributed by atoms with E-state index in [1.165, 1.54) is 18.6 Å². The van der Waals surface area contributed by atoms with Crippen molar-refractivity contribution in [2.45, 2.75) is 38.7 Å². The molecule has 2 aromatic heterocycles. The maximum absolute atomic E-state index is 12.7. The van der Waals surface area contributed by atoms with E-state index >= 15 is 0 Å². The van der Waals surface area contributed by atoms with Crippen LogP contribution in [-0.4, -0.2) is 66.6 Å². The van der Waals surface area contributed by atoms with Gasteiger partial charge in [0.15, 0.2) is 5.84 Å². The van der Waals surface area contributed by atoms with Crippen LogP contribution in [0.3, 0.4) is 0 Å². The number of sulfone groups is 1. The van der Waals surface area contributed by atoms with E-state index in [1.807, 2.05) is 23.1 Å². The number of hydrogen-bond acceptors (Lipinski definition) is 8. The first kappa shape index (κ1) is 29.2. The number of aromatic nitrogens is 3. The average molecular weight is 577 g/mol. The maximum atomic E-state index is 12.7. The molecule has 1 aliphatic rings. The lowest BCUT2D eigenvalue weighted by molar-refractivity contribution is -0.142. The Balaban J connectivity index is 1.58. The van der Waals surface area contributed by atoms with E-state index in [-0.39, 0.29) is 34.8 Å². The third kappa shape index (κ3) is 6.67. The quantitative estimate of drug-likeness (QED) is 0.292. The summed E-state index contributed by atoms with van der Waals surface area (Å²) in [5.41, 5.74) is 8.54. The van der Waals surface area contributed by atoms with Gasteiger partial charge in [-0.05, 0) is 35.7 Å². The molecular weight excluding hydrogens is 545 g/mol. The maximum Gasteiger partial charge on any atom is 0.408 e. The zero-order valence-corrected chi connectivity index (χ0v) is 23.2. The molecule has 3 aromatic rings. The van der Waals surface area contributed by atoms with Crippen molar-refractivity contribution in [2.24, 2.45) is 21.6 Å². The first-order valence-electron chi connectivity index (χ1n) is 12.4. The van der Waals surface area contributed by atoms with Crippen molar-refractivity contribution in [1.82, 2.24) is 14.8 Å². The lowest BCUT2D eigenvalue weighted by atomic mass is 9.92. The van der Waals surface area contributed by atoms with Crippen LogP contribution in [0.4, 0.5) is 24.7 Å². The summed E-state index contributed by atoms with van der Waals surface area (Å²) >= 11 is 0. The molecule has 0 aliphatic carbocycles. The zero-order valence-electron chi connectivity index (χ0n) is 22.4. The molecule has 0 bridgehead atoms. The van der Waals surface area contributed by atoms with Gasteiger partial charge in [0, 0.05) is 42.2 Å². The summed E-state index contributed by atoms with van der Waals surface area (Å²) in [6.45, 7) is 10.8. The molecule has 3 heterocycles. The van der Waals surface area contributed by atoms with Crippen LogP contribution in [0.25, 0.3) is 10.8 Å². The molecule has 2 atom stereocenters. The molecule has 0 radical (unpaired) electrons. The standard InChI is InChI=1S/C26H31F3N8O2S/c1-15(2)19-6-7-22(37-12-18(24(37)30)13-40(5,38)39)21-10-32-23(8-20(19)21)34-16(3)35-25(31-4)17-9-33-36(11-17)14-26(27,28)29/h6-11,15,18,24H,3-4,12-14,30H2,1-2,5H3,(H,32,34)/t18-,24+/m1/s1. The number of nitrogens with two attached hydrogens (primary N) is 1. The van der Waals surface area contributed by atoms with Gasteiger partial charge in [0.25, 0.3) is 0 Å². The SMILES string of the molecule is C=NC(=NC(=C)Nc1cc2c(C(C)C)ccc(N3C[C@H](CS(C)(=O)=O)[C@H]3N)c2cn1)c1cnn(CC(F)(F)F)c1. The molecular formula is C26H31F3N8O2S. The molecule has 4 rings (SSSR count). The first-order valence-corrected chi connectivity index (χ1v) is 14.4. The Morgan fingerprint density at radius 3 is 2.60 bits per heavy atom. The van der Waals surface area contributed by atoms with Gasteiger partial charge in [-0.1, -0.05) is 26.5 Å². The fourth-order valence-corrected chi connectivity index (χ4v) is 5.79. The number of alkyl halides is 3. The summed E-state index contributed by atoms with van der Waals surface area (Å²) in [5, 5.41) is 8.50. The molecule has 0 spiro atoms. The van der Waals surface area contributed by atoms with E-state index in [1.54, 1.807) is 6.20 Å². The van der Waals surface area contributed by atoms with Crippen LogP contribution in [0.5, 0.6) is 0 Å². The highest BCUT2D eigenvalue weighted by atomic mass is 32.2. The second-order valence-corrected chi connectivity index (χ2v) is 12.3. The summed E-state index contributed by atoms with van der Waals surface area (Å²) in [6, 6.07) is 5.86. The van der Waals surface area contributed by atoms with E-state index in [0.29, 0.717) is 12.4 Å². The molecule has 0 saturated carbocycles. The molecule has 0 unspecified atom stereocenters. The number of pyridine rings is 1. The van der Waals surface area contributed by atoms with Crippen LogP contribution >= 0.6 is 0 Å². The molecule has 14 heteroatoms. The van der Waals surface area contributed by atoms with Gasteiger partial charge in [0.1, 0.15) is 28.0 Å². The molecule has 1 fully saturated rings.